The van der Waals surface area contributed by atoms with Crippen molar-refractivity contribution in [2.75, 3.05) is 0 Å². The molecule has 2 aromatic rings. The molecule has 0 radical (unpaired) electrons. The Bertz CT molecular complexity index is 696. The van der Waals surface area contributed by atoms with E-state index in [1.165, 1.54) is 23.5 Å². The molecule has 1 atom stereocenters. The molecule has 0 fully saturated rings. The Morgan fingerprint density at radius 2 is 1.88 bits per heavy atom. The quantitative estimate of drug-likeness (QED) is 0.794. The first-order valence-corrected chi connectivity index (χ1v) is 8.45. The SMILES string of the molecule is CC(C)(CC(=O)O)CC(=O)NC(c1ccc(F)cc1)c1cccs1. The van der Waals surface area contributed by atoms with E-state index in [0.717, 1.165) is 10.4 Å². The fourth-order valence-corrected chi connectivity index (χ4v) is 3.35. The van der Waals surface area contributed by atoms with Crippen LogP contribution in [0.5, 0.6) is 0 Å². The Morgan fingerprint density at radius 3 is 2.42 bits per heavy atom. The van der Waals surface area contributed by atoms with E-state index in [9.17, 15) is 14.0 Å². The van der Waals surface area contributed by atoms with Crippen LogP contribution in [0.15, 0.2) is 41.8 Å². The Balaban J connectivity index is 2.16. The third-order valence-corrected chi connectivity index (χ3v) is 4.54. The van der Waals surface area contributed by atoms with E-state index in [1.807, 2.05) is 17.5 Å². The summed E-state index contributed by atoms with van der Waals surface area (Å²) in [5.74, 6) is -1.50. The number of amides is 1. The van der Waals surface area contributed by atoms with Gasteiger partial charge in [-0.05, 0) is 34.6 Å². The summed E-state index contributed by atoms with van der Waals surface area (Å²) in [5.41, 5.74) is 0.141. The second kappa shape index (κ2) is 7.57. The van der Waals surface area contributed by atoms with Crippen molar-refractivity contribution < 1.29 is 19.1 Å². The van der Waals surface area contributed by atoms with Crippen LogP contribution in [0.4, 0.5) is 4.39 Å². The maximum atomic E-state index is 13.2. The fraction of sp³-hybridized carbons (Fsp3) is 0.333. The van der Waals surface area contributed by atoms with Crippen molar-refractivity contribution in [3.8, 4) is 0 Å². The number of nitrogens with one attached hydrogen (secondary N) is 1. The van der Waals surface area contributed by atoms with Gasteiger partial charge in [0.15, 0.2) is 0 Å². The number of carboxylic acid groups (broad SMARTS) is 1. The third kappa shape index (κ3) is 5.16. The lowest BCUT2D eigenvalue weighted by Crippen LogP contribution is -2.33. The third-order valence-electron chi connectivity index (χ3n) is 3.61. The smallest absolute Gasteiger partial charge is 0.303 e. The van der Waals surface area contributed by atoms with E-state index in [1.54, 1.807) is 26.0 Å². The summed E-state index contributed by atoms with van der Waals surface area (Å²) in [4.78, 5) is 24.2. The van der Waals surface area contributed by atoms with Crippen LogP contribution in [0.25, 0.3) is 0 Å². The van der Waals surface area contributed by atoms with Crippen molar-refractivity contribution in [2.45, 2.75) is 32.7 Å². The molecule has 0 saturated carbocycles. The molecular formula is C18H20FNO3S. The van der Waals surface area contributed by atoms with Crippen LogP contribution in [0.2, 0.25) is 0 Å². The number of hydrogen-bond acceptors (Lipinski definition) is 3. The molecule has 0 aliphatic rings. The minimum absolute atomic E-state index is 0.0827. The molecule has 0 spiro atoms. The summed E-state index contributed by atoms with van der Waals surface area (Å²) in [6, 6.07) is 9.41. The zero-order chi connectivity index (χ0) is 17.7. The highest BCUT2D eigenvalue weighted by Gasteiger charge is 2.27. The Kier molecular flexibility index (Phi) is 5.72. The molecule has 128 valence electrons. The summed E-state index contributed by atoms with van der Waals surface area (Å²) in [5, 5.41) is 13.8. The predicted molar refractivity (Wildman–Crippen MR) is 91.4 cm³/mol. The van der Waals surface area contributed by atoms with E-state index < -0.39 is 11.4 Å². The molecular weight excluding hydrogens is 329 g/mol. The van der Waals surface area contributed by atoms with Crippen LogP contribution in [-0.2, 0) is 9.59 Å². The van der Waals surface area contributed by atoms with Crippen LogP contribution >= 0.6 is 11.3 Å². The van der Waals surface area contributed by atoms with Crippen molar-refractivity contribution in [3.05, 3.63) is 58.0 Å². The summed E-state index contributed by atoms with van der Waals surface area (Å²) in [6.07, 6.45) is 0.0169. The molecule has 0 bridgehead atoms. The highest BCUT2D eigenvalue weighted by molar-refractivity contribution is 7.10. The topological polar surface area (TPSA) is 66.4 Å². The van der Waals surface area contributed by atoms with Gasteiger partial charge in [0.2, 0.25) is 5.91 Å². The molecule has 1 heterocycles. The second-order valence-electron chi connectivity index (χ2n) is 6.48. The van der Waals surface area contributed by atoms with Crippen molar-refractivity contribution in [1.82, 2.24) is 5.32 Å². The first-order chi connectivity index (χ1) is 11.3. The van der Waals surface area contributed by atoms with Gasteiger partial charge in [-0.3, -0.25) is 9.59 Å². The molecule has 1 aromatic heterocycles. The van der Waals surface area contributed by atoms with Gasteiger partial charge < -0.3 is 10.4 Å². The summed E-state index contributed by atoms with van der Waals surface area (Å²) < 4.78 is 13.2. The second-order valence-corrected chi connectivity index (χ2v) is 7.46. The van der Waals surface area contributed by atoms with Crippen molar-refractivity contribution in [3.63, 3.8) is 0 Å². The highest BCUT2D eigenvalue weighted by Crippen LogP contribution is 2.29. The monoisotopic (exact) mass is 349 g/mol. The molecule has 2 N–H and O–H groups in total. The van der Waals surface area contributed by atoms with Crippen LogP contribution in [-0.4, -0.2) is 17.0 Å². The number of rotatable bonds is 7. The summed E-state index contributed by atoms with van der Waals surface area (Å²) in [6.45, 7) is 3.50. The first-order valence-electron chi connectivity index (χ1n) is 7.57. The zero-order valence-electron chi connectivity index (χ0n) is 13.6. The molecule has 0 saturated heterocycles. The molecule has 1 amide bonds. The normalized spacial score (nSPS) is 12.6. The molecule has 0 aliphatic heterocycles. The van der Waals surface area contributed by atoms with Gasteiger partial charge in [0.1, 0.15) is 5.82 Å². The van der Waals surface area contributed by atoms with Gasteiger partial charge in [-0.2, -0.15) is 0 Å². The number of carbonyl (C=O) groups is 2. The van der Waals surface area contributed by atoms with Crippen LogP contribution in [0.3, 0.4) is 0 Å². The van der Waals surface area contributed by atoms with Gasteiger partial charge in [0.25, 0.3) is 0 Å². The minimum Gasteiger partial charge on any atom is -0.481 e. The lowest BCUT2D eigenvalue weighted by Gasteiger charge is -2.24. The number of carbonyl (C=O) groups excluding carboxylic acids is 1. The standard InChI is InChI=1S/C18H20FNO3S/c1-18(2,11-16(22)23)10-15(21)20-17(14-4-3-9-24-14)12-5-7-13(19)8-6-12/h3-9,17H,10-11H2,1-2H3,(H,20,21)(H,22,23). The van der Waals surface area contributed by atoms with E-state index in [-0.39, 0.29) is 30.6 Å². The van der Waals surface area contributed by atoms with Crippen LogP contribution in [0.1, 0.15) is 43.2 Å². The summed E-state index contributed by atoms with van der Waals surface area (Å²) in [7, 11) is 0. The fourth-order valence-electron chi connectivity index (χ4n) is 2.55. The number of aliphatic carboxylic acids is 1. The molecule has 2 rings (SSSR count). The van der Waals surface area contributed by atoms with Crippen molar-refractivity contribution in [1.29, 1.82) is 0 Å². The van der Waals surface area contributed by atoms with E-state index in [0.29, 0.717) is 0 Å². The van der Waals surface area contributed by atoms with E-state index in [4.69, 9.17) is 5.11 Å². The van der Waals surface area contributed by atoms with Gasteiger partial charge in [-0.25, -0.2) is 4.39 Å². The molecule has 1 aromatic carbocycles. The lowest BCUT2D eigenvalue weighted by molar-refractivity contribution is -0.139. The Hall–Kier alpha value is -2.21. The van der Waals surface area contributed by atoms with Gasteiger partial charge in [-0.15, -0.1) is 11.3 Å². The molecule has 1 unspecified atom stereocenters. The van der Waals surface area contributed by atoms with Gasteiger partial charge in [0.05, 0.1) is 12.5 Å². The summed E-state index contributed by atoms with van der Waals surface area (Å²) >= 11 is 1.50. The molecule has 0 aliphatic carbocycles. The number of carboxylic acids is 1. The van der Waals surface area contributed by atoms with Gasteiger partial charge in [0, 0.05) is 11.3 Å². The number of benzene rings is 1. The number of thiophene rings is 1. The van der Waals surface area contributed by atoms with Crippen molar-refractivity contribution in [2.24, 2.45) is 5.41 Å². The number of hydrogen-bond donors (Lipinski definition) is 2. The number of halogens is 1. The Morgan fingerprint density at radius 1 is 1.21 bits per heavy atom. The lowest BCUT2D eigenvalue weighted by atomic mass is 9.85. The average molecular weight is 349 g/mol. The molecule has 24 heavy (non-hydrogen) atoms. The minimum atomic E-state index is -0.929. The maximum absolute atomic E-state index is 13.2. The average Bonchev–Trinajstić information content (AvgIpc) is 2.97. The van der Waals surface area contributed by atoms with Crippen molar-refractivity contribution >= 4 is 23.2 Å². The van der Waals surface area contributed by atoms with Gasteiger partial charge in [-0.1, -0.05) is 32.0 Å². The van der Waals surface area contributed by atoms with E-state index in [2.05, 4.69) is 5.32 Å². The largest absolute Gasteiger partial charge is 0.481 e. The maximum Gasteiger partial charge on any atom is 0.303 e. The molecule has 4 nitrogen and oxygen atoms in total. The van der Waals surface area contributed by atoms with E-state index >= 15 is 0 Å². The molecule has 6 heteroatoms. The van der Waals surface area contributed by atoms with Crippen LogP contribution in [0, 0.1) is 11.2 Å². The highest BCUT2D eigenvalue weighted by atomic mass is 32.1. The zero-order valence-corrected chi connectivity index (χ0v) is 14.4. The Labute approximate surface area is 144 Å². The van der Waals surface area contributed by atoms with Gasteiger partial charge >= 0.3 is 5.97 Å². The van der Waals surface area contributed by atoms with Crippen LogP contribution < -0.4 is 5.32 Å². The predicted octanol–water partition coefficient (Wildman–Crippen LogP) is 3.98. The first kappa shape index (κ1) is 18.1.